The number of hydrogen-bond acceptors (Lipinski definition) is 8. The number of aryl methyl sites for hydroxylation is 3. The van der Waals surface area contributed by atoms with Gasteiger partial charge >= 0.3 is 0 Å². The first kappa shape index (κ1) is 19.6. The SMILES string of the molecule is Cc1nc(NCCNS(=O)(=O)c2c(C)noc2C)cc(N2CCCCC2)n1. The van der Waals surface area contributed by atoms with Gasteiger partial charge in [-0.3, -0.25) is 0 Å². The summed E-state index contributed by atoms with van der Waals surface area (Å²) in [5.74, 6) is 2.59. The van der Waals surface area contributed by atoms with Crippen LogP contribution in [0.1, 0.15) is 36.5 Å². The van der Waals surface area contributed by atoms with E-state index in [-0.39, 0.29) is 17.2 Å². The summed E-state index contributed by atoms with van der Waals surface area (Å²) in [6.07, 6.45) is 3.61. The van der Waals surface area contributed by atoms with Crippen LogP contribution in [0.5, 0.6) is 0 Å². The van der Waals surface area contributed by atoms with E-state index >= 15 is 0 Å². The summed E-state index contributed by atoms with van der Waals surface area (Å²) < 4.78 is 32.3. The van der Waals surface area contributed by atoms with Crippen LogP contribution in [0.2, 0.25) is 0 Å². The largest absolute Gasteiger partial charge is 0.369 e. The Morgan fingerprint density at radius 3 is 2.52 bits per heavy atom. The van der Waals surface area contributed by atoms with Gasteiger partial charge in [0.05, 0.1) is 0 Å². The quantitative estimate of drug-likeness (QED) is 0.683. The van der Waals surface area contributed by atoms with Gasteiger partial charge in [0.2, 0.25) is 10.0 Å². The van der Waals surface area contributed by atoms with Gasteiger partial charge in [0.1, 0.15) is 28.0 Å². The van der Waals surface area contributed by atoms with Gasteiger partial charge in [-0.2, -0.15) is 0 Å². The minimum atomic E-state index is -3.65. The second-order valence-corrected chi connectivity index (χ2v) is 8.39. The maximum absolute atomic E-state index is 12.4. The minimum Gasteiger partial charge on any atom is -0.369 e. The number of rotatable bonds is 7. The van der Waals surface area contributed by atoms with Crippen LogP contribution in [0.3, 0.4) is 0 Å². The van der Waals surface area contributed by atoms with Gasteiger partial charge in [-0.25, -0.2) is 23.1 Å². The summed E-state index contributed by atoms with van der Waals surface area (Å²) in [6.45, 7) is 7.68. The van der Waals surface area contributed by atoms with Crippen LogP contribution in [0, 0.1) is 20.8 Å². The van der Waals surface area contributed by atoms with Crippen molar-refractivity contribution in [3.63, 3.8) is 0 Å². The molecule has 0 aromatic carbocycles. The number of piperidine rings is 1. The molecule has 0 amide bonds. The summed E-state index contributed by atoms with van der Waals surface area (Å²) in [4.78, 5) is 11.3. The monoisotopic (exact) mass is 394 g/mol. The van der Waals surface area contributed by atoms with Crippen molar-refractivity contribution in [2.24, 2.45) is 0 Å². The molecule has 1 aliphatic rings. The fraction of sp³-hybridized carbons (Fsp3) is 0.588. The van der Waals surface area contributed by atoms with Crippen molar-refractivity contribution in [2.75, 3.05) is 36.4 Å². The second kappa shape index (κ2) is 8.22. The molecule has 3 rings (SSSR count). The number of anilines is 2. The lowest BCUT2D eigenvalue weighted by atomic mass is 10.1. The summed E-state index contributed by atoms with van der Waals surface area (Å²) in [6, 6.07) is 1.92. The zero-order chi connectivity index (χ0) is 19.4. The van der Waals surface area contributed by atoms with Crippen molar-refractivity contribution in [3.05, 3.63) is 23.3 Å². The molecule has 27 heavy (non-hydrogen) atoms. The number of nitrogens with one attached hydrogen (secondary N) is 2. The standard InChI is InChI=1S/C17H26N6O3S/c1-12-17(13(2)26-22-12)27(24,25)19-8-7-18-15-11-16(21-14(3)20-15)23-9-5-4-6-10-23/h11,19H,4-10H2,1-3H3,(H,18,20,21). The molecule has 2 N–H and O–H groups in total. The lowest BCUT2D eigenvalue weighted by Crippen LogP contribution is -2.31. The Bertz CT molecular complexity index is 871. The van der Waals surface area contributed by atoms with E-state index in [0.29, 0.717) is 23.9 Å². The number of aromatic nitrogens is 3. The van der Waals surface area contributed by atoms with E-state index in [4.69, 9.17) is 4.52 Å². The maximum atomic E-state index is 12.4. The average Bonchev–Trinajstić information content (AvgIpc) is 2.98. The molecule has 0 spiro atoms. The Hall–Kier alpha value is -2.20. The van der Waals surface area contributed by atoms with Crippen LogP contribution in [0.4, 0.5) is 11.6 Å². The Labute approximate surface area is 159 Å². The highest BCUT2D eigenvalue weighted by molar-refractivity contribution is 7.89. The van der Waals surface area contributed by atoms with Gasteiger partial charge in [0.15, 0.2) is 5.76 Å². The van der Waals surface area contributed by atoms with Crippen molar-refractivity contribution in [1.82, 2.24) is 19.8 Å². The van der Waals surface area contributed by atoms with E-state index in [1.807, 2.05) is 13.0 Å². The predicted octanol–water partition coefficient (Wildman–Crippen LogP) is 1.77. The first-order valence-corrected chi connectivity index (χ1v) is 10.6. The van der Waals surface area contributed by atoms with Crippen LogP contribution in [-0.4, -0.2) is 49.7 Å². The number of sulfonamides is 1. The lowest BCUT2D eigenvalue weighted by molar-refractivity contribution is 0.390. The van der Waals surface area contributed by atoms with Gasteiger partial charge in [-0.15, -0.1) is 0 Å². The van der Waals surface area contributed by atoms with E-state index in [2.05, 4.69) is 30.1 Å². The summed E-state index contributed by atoms with van der Waals surface area (Å²) >= 11 is 0. The summed E-state index contributed by atoms with van der Waals surface area (Å²) in [5, 5.41) is 6.86. The smallest absolute Gasteiger partial charge is 0.246 e. The molecule has 0 bridgehead atoms. The Morgan fingerprint density at radius 1 is 1.11 bits per heavy atom. The topological polar surface area (TPSA) is 113 Å². The van der Waals surface area contributed by atoms with Gasteiger partial charge in [-0.1, -0.05) is 5.16 Å². The van der Waals surface area contributed by atoms with E-state index in [0.717, 1.165) is 18.9 Å². The third kappa shape index (κ3) is 4.75. The van der Waals surface area contributed by atoms with Gasteiger partial charge in [-0.05, 0) is 40.0 Å². The third-order valence-electron chi connectivity index (χ3n) is 4.46. The molecule has 0 radical (unpaired) electrons. The Morgan fingerprint density at radius 2 is 1.85 bits per heavy atom. The van der Waals surface area contributed by atoms with Crippen molar-refractivity contribution >= 4 is 21.7 Å². The summed E-state index contributed by atoms with van der Waals surface area (Å²) in [5.41, 5.74) is 0.352. The van der Waals surface area contributed by atoms with E-state index in [1.165, 1.54) is 19.3 Å². The average molecular weight is 395 g/mol. The molecule has 148 valence electrons. The zero-order valence-electron chi connectivity index (χ0n) is 15.9. The first-order valence-electron chi connectivity index (χ1n) is 9.14. The molecule has 2 aromatic heterocycles. The zero-order valence-corrected chi connectivity index (χ0v) is 16.8. The molecular weight excluding hydrogens is 368 g/mol. The highest BCUT2D eigenvalue weighted by Gasteiger charge is 2.23. The fourth-order valence-electron chi connectivity index (χ4n) is 3.23. The first-order chi connectivity index (χ1) is 12.9. The van der Waals surface area contributed by atoms with Crippen molar-refractivity contribution in [2.45, 2.75) is 44.9 Å². The molecule has 0 atom stereocenters. The van der Waals surface area contributed by atoms with Gasteiger partial charge in [0.25, 0.3) is 0 Å². The molecule has 10 heteroatoms. The minimum absolute atomic E-state index is 0.104. The van der Waals surface area contributed by atoms with Gasteiger partial charge in [0, 0.05) is 32.2 Å². The van der Waals surface area contributed by atoms with Crippen LogP contribution in [0.15, 0.2) is 15.5 Å². The van der Waals surface area contributed by atoms with Crippen LogP contribution >= 0.6 is 0 Å². The van der Waals surface area contributed by atoms with Crippen molar-refractivity contribution in [1.29, 1.82) is 0 Å². The highest BCUT2D eigenvalue weighted by atomic mass is 32.2. The van der Waals surface area contributed by atoms with Crippen LogP contribution < -0.4 is 14.9 Å². The molecule has 0 saturated carbocycles. The Balaban J connectivity index is 1.58. The van der Waals surface area contributed by atoms with E-state index in [1.54, 1.807) is 13.8 Å². The van der Waals surface area contributed by atoms with Crippen LogP contribution in [-0.2, 0) is 10.0 Å². The molecule has 0 unspecified atom stereocenters. The number of hydrogen-bond donors (Lipinski definition) is 2. The highest BCUT2D eigenvalue weighted by Crippen LogP contribution is 2.20. The molecule has 1 saturated heterocycles. The van der Waals surface area contributed by atoms with E-state index in [9.17, 15) is 8.42 Å². The Kier molecular flexibility index (Phi) is 5.95. The molecular formula is C17H26N6O3S. The van der Waals surface area contributed by atoms with Crippen molar-refractivity contribution in [3.8, 4) is 0 Å². The molecule has 3 heterocycles. The predicted molar refractivity (Wildman–Crippen MR) is 102 cm³/mol. The van der Waals surface area contributed by atoms with Gasteiger partial charge < -0.3 is 14.7 Å². The second-order valence-electron chi connectivity index (χ2n) is 6.68. The molecule has 9 nitrogen and oxygen atoms in total. The molecule has 2 aromatic rings. The third-order valence-corrected chi connectivity index (χ3v) is 6.17. The summed E-state index contributed by atoms with van der Waals surface area (Å²) in [7, 11) is -3.65. The van der Waals surface area contributed by atoms with Crippen LogP contribution in [0.25, 0.3) is 0 Å². The van der Waals surface area contributed by atoms with E-state index < -0.39 is 10.0 Å². The lowest BCUT2D eigenvalue weighted by Gasteiger charge is -2.28. The molecule has 0 aliphatic carbocycles. The van der Waals surface area contributed by atoms with Crippen molar-refractivity contribution < 1.29 is 12.9 Å². The normalized spacial score (nSPS) is 15.1. The maximum Gasteiger partial charge on any atom is 0.246 e. The number of nitrogens with zero attached hydrogens (tertiary/aromatic N) is 4. The molecule has 1 aliphatic heterocycles. The fourth-order valence-corrected chi connectivity index (χ4v) is 4.59. The molecule has 1 fully saturated rings.